The van der Waals surface area contributed by atoms with Crippen LogP contribution in [0.15, 0.2) is 28.7 Å². The summed E-state index contributed by atoms with van der Waals surface area (Å²) in [5.74, 6) is -0.0466. The molecule has 0 aliphatic carbocycles. The van der Waals surface area contributed by atoms with E-state index in [9.17, 15) is 8.42 Å². The van der Waals surface area contributed by atoms with Crippen LogP contribution in [0.3, 0.4) is 0 Å². The number of hydrogen-bond acceptors (Lipinski definition) is 4. The fraction of sp³-hybridized carbons (Fsp3) is 0.500. The molecule has 0 aromatic heterocycles. The van der Waals surface area contributed by atoms with E-state index in [1.54, 1.807) is 6.92 Å². The molecule has 1 heterocycles. The van der Waals surface area contributed by atoms with Crippen LogP contribution in [0.1, 0.15) is 18.4 Å². The second-order valence-electron chi connectivity index (χ2n) is 4.25. The van der Waals surface area contributed by atoms with Gasteiger partial charge in [-0.2, -0.15) is 8.42 Å². The van der Waals surface area contributed by atoms with E-state index in [0.717, 1.165) is 10.0 Å². The van der Waals surface area contributed by atoms with Crippen molar-refractivity contribution < 1.29 is 12.6 Å². The Hall–Kier alpha value is -0.140. The molecule has 7 heteroatoms. The Labute approximate surface area is 128 Å². The average molecular weight is 371 g/mol. The van der Waals surface area contributed by atoms with Crippen LogP contribution in [0, 0.1) is 0 Å². The van der Waals surface area contributed by atoms with Crippen LogP contribution < -0.4 is 5.32 Å². The van der Waals surface area contributed by atoms with E-state index in [1.165, 1.54) is 0 Å². The molecule has 1 N–H and O–H groups in total. The summed E-state index contributed by atoms with van der Waals surface area (Å²) in [6, 6.07) is 7.77. The summed E-state index contributed by atoms with van der Waals surface area (Å²) in [4.78, 5) is 0. The molecule has 0 bridgehead atoms. The van der Waals surface area contributed by atoms with Gasteiger partial charge in [0.05, 0.1) is 6.61 Å². The van der Waals surface area contributed by atoms with Gasteiger partial charge < -0.3 is 5.32 Å². The summed E-state index contributed by atoms with van der Waals surface area (Å²) < 4.78 is 29.9. The fourth-order valence-corrected chi connectivity index (χ4v) is 4.00. The van der Waals surface area contributed by atoms with Crippen molar-refractivity contribution in [3.05, 3.63) is 34.3 Å². The lowest BCUT2D eigenvalue weighted by atomic mass is 9.98. The summed E-state index contributed by atoms with van der Waals surface area (Å²) in [6.07, 6.45) is 0. The lowest BCUT2D eigenvalue weighted by Crippen LogP contribution is -2.30. The second kappa shape index (κ2) is 7.04. The lowest BCUT2D eigenvalue weighted by Gasteiger charge is -2.18. The molecule has 0 amide bonds. The van der Waals surface area contributed by atoms with E-state index in [2.05, 4.69) is 21.2 Å². The van der Waals surface area contributed by atoms with Crippen LogP contribution in [0.5, 0.6) is 0 Å². The van der Waals surface area contributed by atoms with Crippen LogP contribution in [0.25, 0.3) is 0 Å². The second-order valence-corrected chi connectivity index (χ2v) is 7.00. The number of hydrogen-bond donors (Lipinski definition) is 1. The molecule has 2 atom stereocenters. The highest BCUT2D eigenvalue weighted by molar-refractivity contribution is 9.10. The summed E-state index contributed by atoms with van der Waals surface area (Å²) >= 11 is 3.37. The molecule has 2 unspecified atom stereocenters. The van der Waals surface area contributed by atoms with Gasteiger partial charge in [0.15, 0.2) is 0 Å². The largest absolute Gasteiger partial charge is 0.315 e. The number of benzene rings is 1. The fourth-order valence-electron chi connectivity index (χ4n) is 2.25. The highest BCUT2D eigenvalue weighted by Crippen LogP contribution is 2.29. The van der Waals surface area contributed by atoms with Crippen LogP contribution in [0.4, 0.5) is 0 Å². The summed E-state index contributed by atoms with van der Waals surface area (Å²) in [7, 11) is -3.49. The number of rotatable bonds is 4. The molecule has 19 heavy (non-hydrogen) atoms. The van der Waals surface area contributed by atoms with Crippen molar-refractivity contribution in [1.29, 1.82) is 0 Å². The van der Waals surface area contributed by atoms with Gasteiger partial charge in [0, 0.05) is 23.5 Å². The molecule has 1 aliphatic rings. The van der Waals surface area contributed by atoms with Gasteiger partial charge in [0.1, 0.15) is 5.25 Å². The Morgan fingerprint density at radius 1 is 1.32 bits per heavy atom. The van der Waals surface area contributed by atoms with Crippen LogP contribution in [0.2, 0.25) is 0 Å². The molecule has 4 nitrogen and oxygen atoms in total. The van der Waals surface area contributed by atoms with Crippen molar-refractivity contribution in [3.63, 3.8) is 0 Å². The lowest BCUT2D eigenvalue weighted by molar-refractivity contribution is 0.330. The highest BCUT2D eigenvalue weighted by Gasteiger charge is 2.38. The van der Waals surface area contributed by atoms with Gasteiger partial charge in [0.25, 0.3) is 10.1 Å². The average Bonchev–Trinajstić information content (AvgIpc) is 2.79. The molecule has 108 valence electrons. The van der Waals surface area contributed by atoms with E-state index in [0.29, 0.717) is 13.1 Å². The molecule has 1 aromatic carbocycles. The van der Waals surface area contributed by atoms with Gasteiger partial charge in [-0.1, -0.05) is 28.1 Å². The topological polar surface area (TPSA) is 55.4 Å². The minimum absolute atomic E-state index is 0. The molecular formula is C12H17BrClNO3S. The van der Waals surface area contributed by atoms with Gasteiger partial charge in [-0.25, -0.2) is 0 Å². The van der Waals surface area contributed by atoms with E-state index < -0.39 is 15.4 Å². The van der Waals surface area contributed by atoms with E-state index in [4.69, 9.17) is 4.18 Å². The van der Waals surface area contributed by atoms with Crippen molar-refractivity contribution in [3.8, 4) is 0 Å². The summed E-state index contributed by atoms with van der Waals surface area (Å²) in [6.45, 7) is 2.99. The molecule has 2 rings (SSSR count). The Kier molecular flexibility index (Phi) is 6.26. The SMILES string of the molecule is CCOS(=O)(=O)C1CNCC1c1ccc(Br)cc1.Cl. The Balaban J connectivity index is 0.00000180. The highest BCUT2D eigenvalue weighted by atomic mass is 79.9. The first-order valence-electron chi connectivity index (χ1n) is 5.89. The first-order valence-corrected chi connectivity index (χ1v) is 8.15. The Morgan fingerprint density at radius 3 is 2.53 bits per heavy atom. The van der Waals surface area contributed by atoms with Gasteiger partial charge in [0.2, 0.25) is 0 Å². The Bertz CT molecular complexity index is 506. The maximum absolute atomic E-state index is 12.0. The van der Waals surface area contributed by atoms with Crippen LogP contribution >= 0.6 is 28.3 Å². The third kappa shape index (κ3) is 3.92. The van der Waals surface area contributed by atoms with E-state index in [-0.39, 0.29) is 24.9 Å². The Morgan fingerprint density at radius 2 is 1.95 bits per heavy atom. The molecule has 1 fully saturated rings. The predicted octanol–water partition coefficient (Wildman–Crippen LogP) is 2.29. The van der Waals surface area contributed by atoms with Gasteiger partial charge in [-0.3, -0.25) is 4.18 Å². The van der Waals surface area contributed by atoms with Crippen LogP contribution in [-0.4, -0.2) is 33.4 Å². The number of halogens is 2. The minimum Gasteiger partial charge on any atom is -0.315 e. The van der Waals surface area contributed by atoms with E-state index in [1.807, 2.05) is 24.3 Å². The van der Waals surface area contributed by atoms with Crippen molar-refractivity contribution in [1.82, 2.24) is 5.32 Å². The molecular weight excluding hydrogens is 354 g/mol. The zero-order chi connectivity index (χ0) is 13.2. The van der Waals surface area contributed by atoms with Crippen molar-refractivity contribution >= 4 is 38.5 Å². The zero-order valence-electron chi connectivity index (χ0n) is 10.5. The third-order valence-corrected chi connectivity index (χ3v) is 5.44. The smallest absolute Gasteiger partial charge is 0.272 e. The quantitative estimate of drug-likeness (QED) is 0.826. The minimum atomic E-state index is -3.49. The summed E-state index contributed by atoms with van der Waals surface area (Å²) in [5.41, 5.74) is 1.02. The van der Waals surface area contributed by atoms with Gasteiger partial charge >= 0.3 is 0 Å². The summed E-state index contributed by atoms with van der Waals surface area (Å²) in [5, 5.41) is 2.63. The predicted molar refractivity (Wildman–Crippen MR) is 81.3 cm³/mol. The van der Waals surface area contributed by atoms with E-state index >= 15 is 0 Å². The van der Waals surface area contributed by atoms with Gasteiger partial charge in [-0.15, -0.1) is 12.4 Å². The van der Waals surface area contributed by atoms with Crippen LogP contribution in [-0.2, 0) is 14.3 Å². The zero-order valence-corrected chi connectivity index (χ0v) is 13.7. The first kappa shape index (κ1) is 16.9. The molecule has 0 spiro atoms. The normalized spacial score (nSPS) is 23.1. The van der Waals surface area contributed by atoms with Gasteiger partial charge in [-0.05, 0) is 24.6 Å². The molecule has 0 saturated carbocycles. The molecule has 1 aliphatic heterocycles. The van der Waals surface area contributed by atoms with Crippen molar-refractivity contribution in [2.24, 2.45) is 0 Å². The third-order valence-electron chi connectivity index (χ3n) is 3.11. The maximum Gasteiger partial charge on any atom is 0.272 e. The number of nitrogens with one attached hydrogen (secondary N) is 1. The molecule has 1 aromatic rings. The van der Waals surface area contributed by atoms with Crippen molar-refractivity contribution in [2.75, 3.05) is 19.7 Å². The monoisotopic (exact) mass is 369 g/mol. The maximum atomic E-state index is 12.0. The molecule has 0 radical (unpaired) electrons. The standard InChI is InChI=1S/C12H16BrNO3S.ClH/c1-2-17-18(15,16)12-8-14-7-11(12)9-3-5-10(13)6-4-9;/h3-6,11-12,14H,2,7-8H2,1H3;1H. The molecule has 1 saturated heterocycles. The first-order chi connectivity index (χ1) is 8.54. The van der Waals surface area contributed by atoms with Crippen molar-refractivity contribution in [2.45, 2.75) is 18.1 Å².